The molecule has 6 atom stereocenters. The summed E-state index contributed by atoms with van der Waals surface area (Å²) >= 11 is 0. The van der Waals surface area contributed by atoms with Crippen molar-refractivity contribution in [1.82, 2.24) is 14.7 Å². The monoisotopic (exact) mass is 495 g/mol. The minimum absolute atomic E-state index is 0.0260. The highest BCUT2D eigenvalue weighted by Crippen LogP contribution is 2.63. The van der Waals surface area contributed by atoms with Crippen molar-refractivity contribution in [2.75, 3.05) is 32.7 Å². The zero-order chi connectivity index (χ0) is 24.8. The normalized spacial score (nSPS) is 39.9. The van der Waals surface area contributed by atoms with Crippen LogP contribution in [0.4, 0.5) is 0 Å². The van der Waals surface area contributed by atoms with Crippen molar-refractivity contribution < 1.29 is 19.7 Å². The number of benzene rings is 1. The van der Waals surface area contributed by atoms with E-state index in [4.69, 9.17) is 4.74 Å². The minimum Gasteiger partial charge on any atom is -0.504 e. The third kappa shape index (κ3) is 3.18. The molecule has 4 fully saturated rings. The molecule has 36 heavy (non-hydrogen) atoms. The molecule has 196 valence electrons. The lowest BCUT2D eigenvalue weighted by Crippen LogP contribution is -2.74. The van der Waals surface area contributed by atoms with Gasteiger partial charge in [-0.1, -0.05) is 12.5 Å². The Kier molecular flexibility index (Phi) is 5.23. The van der Waals surface area contributed by atoms with Gasteiger partial charge in [-0.25, -0.2) is 0 Å². The van der Waals surface area contributed by atoms with E-state index in [-0.39, 0.29) is 23.8 Å². The molecule has 0 unspecified atom stereocenters. The Bertz CT molecular complexity index is 1060. The molecule has 1 aromatic carbocycles. The minimum atomic E-state index is -0.975. The van der Waals surface area contributed by atoms with Crippen LogP contribution in [0.5, 0.6) is 11.5 Å². The van der Waals surface area contributed by atoms with Crippen molar-refractivity contribution in [1.29, 1.82) is 0 Å². The molecule has 4 aliphatic heterocycles. The predicted octanol–water partition coefficient (Wildman–Crippen LogP) is 2.66. The number of ether oxygens (including phenoxy) is 1. The standard InChI is InChI=1S/C29H41N3O4/c1-18-4-3-5-19(2)32(18)17-25(34)31-13-11-29(35)23-14-21-8-9-22(33)27-26(21)28(29,24(16-31)36-27)10-12-30(23)15-20-6-7-20/h8-9,18-20,23-24,33,35H,3-7,10-17H2,1-2H3/t18-,19+,23-,24+,28-,29-/m1/s1. The summed E-state index contributed by atoms with van der Waals surface area (Å²) in [6.07, 6.45) is 7.91. The van der Waals surface area contributed by atoms with E-state index in [1.165, 1.54) is 24.8 Å². The van der Waals surface area contributed by atoms with Gasteiger partial charge in [-0.3, -0.25) is 14.6 Å². The fourth-order valence-corrected chi connectivity index (χ4v) is 8.67. The van der Waals surface area contributed by atoms with E-state index in [2.05, 4.69) is 23.6 Å². The maximum absolute atomic E-state index is 13.7. The molecule has 2 aliphatic carbocycles. The van der Waals surface area contributed by atoms with Gasteiger partial charge in [0.05, 0.1) is 24.1 Å². The zero-order valence-electron chi connectivity index (χ0n) is 21.8. The fraction of sp³-hybridized carbons (Fsp3) is 0.759. The molecule has 0 radical (unpaired) electrons. The average molecular weight is 496 g/mol. The number of carbonyl (C=O) groups excluding carboxylic acids is 1. The third-order valence-corrected chi connectivity index (χ3v) is 10.8. The zero-order valence-corrected chi connectivity index (χ0v) is 21.8. The van der Waals surface area contributed by atoms with E-state index in [9.17, 15) is 15.0 Å². The molecule has 1 spiro atoms. The van der Waals surface area contributed by atoms with E-state index in [0.29, 0.717) is 43.9 Å². The highest BCUT2D eigenvalue weighted by atomic mass is 16.5. The van der Waals surface area contributed by atoms with Crippen LogP contribution < -0.4 is 4.74 Å². The lowest BCUT2D eigenvalue weighted by atomic mass is 9.52. The van der Waals surface area contributed by atoms with Gasteiger partial charge < -0.3 is 19.8 Å². The van der Waals surface area contributed by atoms with Crippen molar-refractivity contribution in [3.63, 3.8) is 0 Å². The van der Waals surface area contributed by atoms with Gasteiger partial charge in [0.25, 0.3) is 0 Å². The van der Waals surface area contributed by atoms with E-state index >= 15 is 0 Å². The van der Waals surface area contributed by atoms with Gasteiger partial charge >= 0.3 is 0 Å². The fourth-order valence-electron chi connectivity index (χ4n) is 8.67. The van der Waals surface area contributed by atoms with Gasteiger partial charge in [0.15, 0.2) is 11.5 Å². The van der Waals surface area contributed by atoms with Gasteiger partial charge in [0.2, 0.25) is 5.91 Å². The first-order valence-electron chi connectivity index (χ1n) is 14.3. The summed E-state index contributed by atoms with van der Waals surface area (Å²) in [5, 5.41) is 23.5. The number of likely N-dealkylation sites (tertiary alicyclic amines) is 3. The number of hydrogen-bond acceptors (Lipinski definition) is 6. The quantitative estimate of drug-likeness (QED) is 0.669. The summed E-state index contributed by atoms with van der Waals surface area (Å²) < 4.78 is 6.56. The molecule has 4 heterocycles. The molecule has 3 saturated heterocycles. The molecule has 7 rings (SSSR count). The van der Waals surface area contributed by atoms with Crippen LogP contribution in [-0.2, 0) is 16.6 Å². The first-order chi connectivity index (χ1) is 17.3. The Morgan fingerprint density at radius 3 is 2.64 bits per heavy atom. The molecular formula is C29H41N3O4. The lowest BCUT2D eigenvalue weighted by molar-refractivity contribution is -0.162. The number of rotatable bonds is 4. The highest BCUT2D eigenvalue weighted by molar-refractivity contribution is 5.79. The van der Waals surface area contributed by atoms with Crippen LogP contribution in [0.15, 0.2) is 12.1 Å². The van der Waals surface area contributed by atoms with Crippen LogP contribution in [0.1, 0.15) is 69.9 Å². The average Bonchev–Trinajstić information content (AvgIpc) is 3.61. The van der Waals surface area contributed by atoms with Crippen LogP contribution in [0.2, 0.25) is 0 Å². The van der Waals surface area contributed by atoms with Gasteiger partial charge in [0.1, 0.15) is 6.10 Å². The summed E-state index contributed by atoms with van der Waals surface area (Å²) in [7, 11) is 0. The van der Waals surface area contributed by atoms with Crippen molar-refractivity contribution in [2.24, 2.45) is 5.92 Å². The first-order valence-corrected chi connectivity index (χ1v) is 14.3. The topological polar surface area (TPSA) is 76.5 Å². The molecule has 1 aromatic rings. The Balaban J connectivity index is 1.24. The number of phenols is 1. The van der Waals surface area contributed by atoms with Crippen LogP contribution >= 0.6 is 0 Å². The van der Waals surface area contributed by atoms with E-state index < -0.39 is 11.0 Å². The second-order valence-corrected chi connectivity index (χ2v) is 12.7. The van der Waals surface area contributed by atoms with Crippen molar-refractivity contribution in [2.45, 2.75) is 100 Å². The number of carbonyl (C=O) groups is 1. The largest absolute Gasteiger partial charge is 0.504 e. The second-order valence-electron chi connectivity index (χ2n) is 12.7. The third-order valence-electron chi connectivity index (χ3n) is 10.8. The molecule has 0 aromatic heterocycles. The maximum Gasteiger partial charge on any atom is 0.236 e. The predicted molar refractivity (Wildman–Crippen MR) is 136 cm³/mol. The lowest BCUT2D eigenvalue weighted by Gasteiger charge is -2.60. The SMILES string of the molecule is C[C@@H]1CCC[C@H](C)N1CC(=O)N1CC[C@@]2(O)[C@H]3Cc4ccc(O)c5c4[C@@]2(CCN3CC2CC2)[C@H](C1)O5. The van der Waals surface area contributed by atoms with Crippen molar-refractivity contribution in [3.8, 4) is 11.5 Å². The smallest absolute Gasteiger partial charge is 0.236 e. The van der Waals surface area contributed by atoms with Gasteiger partial charge in [0, 0.05) is 36.8 Å². The number of phenolic OH excluding ortho intramolecular Hbond substituents is 1. The molecule has 6 aliphatic rings. The number of aromatic hydroxyl groups is 1. The van der Waals surface area contributed by atoms with Crippen molar-refractivity contribution >= 4 is 5.91 Å². The number of piperidine rings is 2. The summed E-state index contributed by atoms with van der Waals surface area (Å²) in [6.45, 7) is 7.93. The van der Waals surface area contributed by atoms with Crippen LogP contribution in [-0.4, -0.2) is 93.4 Å². The molecule has 1 amide bonds. The number of aliphatic hydroxyl groups is 1. The Morgan fingerprint density at radius 2 is 1.89 bits per heavy atom. The van der Waals surface area contributed by atoms with Crippen molar-refractivity contribution in [3.05, 3.63) is 23.3 Å². The summed E-state index contributed by atoms with van der Waals surface area (Å²) in [5.74, 6) is 1.61. The molecule has 7 heteroatoms. The molecular weight excluding hydrogens is 454 g/mol. The molecule has 1 saturated carbocycles. The van der Waals surface area contributed by atoms with E-state index in [1.807, 2.05) is 11.0 Å². The number of nitrogens with zero attached hydrogens (tertiary/aromatic N) is 3. The number of amides is 1. The molecule has 7 nitrogen and oxygen atoms in total. The van der Waals surface area contributed by atoms with E-state index in [0.717, 1.165) is 50.3 Å². The Hall–Kier alpha value is -1.83. The Morgan fingerprint density at radius 1 is 1.11 bits per heavy atom. The van der Waals surface area contributed by atoms with Crippen LogP contribution in [0, 0.1) is 5.92 Å². The highest BCUT2D eigenvalue weighted by Gasteiger charge is 2.71. The molecule has 2 N–H and O–H groups in total. The van der Waals surface area contributed by atoms with Gasteiger partial charge in [-0.2, -0.15) is 0 Å². The second kappa shape index (κ2) is 8.08. The molecule has 2 bridgehead atoms. The summed E-state index contributed by atoms with van der Waals surface area (Å²) in [6, 6.07) is 4.65. The van der Waals surface area contributed by atoms with Gasteiger partial charge in [-0.15, -0.1) is 0 Å². The van der Waals surface area contributed by atoms with Crippen LogP contribution in [0.25, 0.3) is 0 Å². The number of hydrogen-bond donors (Lipinski definition) is 2. The maximum atomic E-state index is 13.7. The summed E-state index contributed by atoms with van der Waals surface area (Å²) in [5.41, 5.74) is 0.693. The summed E-state index contributed by atoms with van der Waals surface area (Å²) in [4.78, 5) is 20.6. The van der Waals surface area contributed by atoms with Gasteiger partial charge in [-0.05, 0) is 82.9 Å². The first kappa shape index (κ1) is 23.3. The van der Waals surface area contributed by atoms with Crippen LogP contribution in [0.3, 0.4) is 0 Å². The van der Waals surface area contributed by atoms with E-state index in [1.54, 1.807) is 6.07 Å². The Labute approximate surface area is 214 Å².